The summed E-state index contributed by atoms with van der Waals surface area (Å²) in [7, 11) is 0. The molecule has 0 fully saturated rings. The maximum absolute atomic E-state index is 12.1. The Morgan fingerprint density at radius 1 is 1.00 bits per heavy atom. The number of amides is 2. The summed E-state index contributed by atoms with van der Waals surface area (Å²) in [4.78, 5) is 25.2. The summed E-state index contributed by atoms with van der Waals surface area (Å²) in [5, 5.41) is 5.71. The molecule has 2 aromatic carbocycles. The topological polar surface area (TPSA) is 58.2 Å². The van der Waals surface area contributed by atoms with Crippen LogP contribution in [0.4, 0.5) is 5.69 Å². The molecule has 2 amide bonds. The third kappa shape index (κ3) is 6.23. The minimum absolute atomic E-state index is 0.0271. The minimum atomic E-state index is -0.109. The van der Waals surface area contributed by atoms with E-state index in [0.717, 1.165) is 5.75 Å². The lowest BCUT2D eigenvalue weighted by Crippen LogP contribution is -2.30. The molecule has 0 aliphatic carbocycles. The molecule has 2 N–H and O–H groups in total. The van der Waals surface area contributed by atoms with Crippen molar-refractivity contribution in [3.8, 4) is 0 Å². The molecule has 0 aliphatic rings. The molecule has 0 aliphatic heterocycles. The van der Waals surface area contributed by atoms with Gasteiger partial charge in [0.1, 0.15) is 0 Å². The molecule has 2 aromatic rings. The molecule has 0 saturated heterocycles. The largest absolute Gasteiger partial charge is 0.350 e. The fraction of sp³-hybridized carbons (Fsp3) is 0.333. The number of hydrogen-bond donors (Lipinski definition) is 2. The van der Waals surface area contributed by atoms with E-state index in [9.17, 15) is 9.59 Å². The lowest BCUT2D eigenvalue weighted by molar-refractivity contribution is -0.115. The van der Waals surface area contributed by atoms with Gasteiger partial charge in [-0.3, -0.25) is 9.59 Å². The Morgan fingerprint density at radius 2 is 1.69 bits per heavy atom. The van der Waals surface area contributed by atoms with Crippen LogP contribution in [0.2, 0.25) is 0 Å². The molecule has 0 spiro atoms. The van der Waals surface area contributed by atoms with E-state index in [0.29, 0.717) is 17.7 Å². The fourth-order valence-electron chi connectivity index (χ4n) is 2.34. The van der Waals surface area contributed by atoms with E-state index in [2.05, 4.69) is 42.7 Å². The summed E-state index contributed by atoms with van der Waals surface area (Å²) in [6.07, 6.45) is 0.438. The maximum Gasteiger partial charge on any atom is 0.251 e. The second kappa shape index (κ2) is 9.43. The summed E-state index contributed by atoms with van der Waals surface area (Å²) in [5.41, 5.74) is 3.83. The standard InChI is InChI=1S/C21H26N2O2S/c1-14(2)22-21(25)17-6-8-18(9-7-17)23-20(24)11-12-26-19-10-5-15(3)16(4)13-19/h5-10,13-14H,11-12H2,1-4H3,(H,22,25)(H,23,24). The van der Waals surface area contributed by atoms with Gasteiger partial charge in [0.25, 0.3) is 5.91 Å². The van der Waals surface area contributed by atoms with Crippen molar-refractivity contribution >= 4 is 29.3 Å². The smallest absolute Gasteiger partial charge is 0.251 e. The number of aryl methyl sites for hydroxylation is 2. The molecule has 0 aromatic heterocycles. The molecular weight excluding hydrogens is 344 g/mol. The van der Waals surface area contributed by atoms with Gasteiger partial charge < -0.3 is 10.6 Å². The first-order chi connectivity index (χ1) is 12.3. The van der Waals surface area contributed by atoms with Gasteiger partial charge >= 0.3 is 0 Å². The van der Waals surface area contributed by atoms with Gasteiger partial charge in [0.15, 0.2) is 0 Å². The quantitative estimate of drug-likeness (QED) is 0.702. The van der Waals surface area contributed by atoms with Gasteiger partial charge in [0.05, 0.1) is 0 Å². The monoisotopic (exact) mass is 370 g/mol. The minimum Gasteiger partial charge on any atom is -0.350 e. The third-order valence-electron chi connectivity index (χ3n) is 3.93. The van der Waals surface area contributed by atoms with Crippen LogP contribution in [0, 0.1) is 13.8 Å². The molecule has 138 valence electrons. The Labute approximate surface area is 159 Å². The Bertz CT molecular complexity index is 770. The van der Waals surface area contributed by atoms with Crippen LogP contribution in [0.1, 0.15) is 41.8 Å². The van der Waals surface area contributed by atoms with Crippen LogP contribution in [-0.4, -0.2) is 23.6 Å². The molecule has 0 bridgehead atoms. The van der Waals surface area contributed by atoms with Crippen LogP contribution in [-0.2, 0) is 4.79 Å². The van der Waals surface area contributed by atoms with Crippen molar-refractivity contribution in [2.45, 2.75) is 45.1 Å². The molecule has 0 heterocycles. The number of rotatable bonds is 7. The van der Waals surface area contributed by atoms with E-state index in [4.69, 9.17) is 0 Å². The van der Waals surface area contributed by atoms with E-state index in [1.165, 1.54) is 16.0 Å². The molecular formula is C21H26N2O2S. The molecule has 0 saturated carbocycles. The van der Waals surface area contributed by atoms with Gasteiger partial charge in [-0.25, -0.2) is 0 Å². The summed E-state index contributed by atoms with van der Waals surface area (Å²) < 4.78 is 0. The SMILES string of the molecule is Cc1ccc(SCCC(=O)Nc2ccc(C(=O)NC(C)C)cc2)cc1C. The summed E-state index contributed by atoms with van der Waals surface area (Å²) in [5.74, 6) is 0.590. The zero-order valence-corrected chi connectivity index (χ0v) is 16.6. The molecule has 0 radical (unpaired) electrons. The van der Waals surface area contributed by atoms with Gasteiger partial charge in [0, 0.05) is 34.4 Å². The van der Waals surface area contributed by atoms with E-state index in [1.807, 2.05) is 13.8 Å². The van der Waals surface area contributed by atoms with Crippen LogP contribution in [0.5, 0.6) is 0 Å². The van der Waals surface area contributed by atoms with Crippen molar-refractivity contribution < 1.29 is 9.59 Å². The molecule has 0 unspecified atom stereocenters. The molecule has 5 heteroatoms. The average molecular weight is 371 g/mol. The predicted molar refractivity (Wildman–Crippen MR) is 109 cm³/mol. The first-order valence-electron chi connectivity index (χ1n) is 8.76. The number of thioether (sulfide) groups is 1. The van der Waals surface area contributed by atoms with E-state index >= 15 is 0 Å². The Balaban J connectivity index is 1.80. The highest BCUT2D eigenvalue weighted by molar-refractivity contribution is 7.99. The van der Waals surface area contributed by atoms with E-state index in [1.54, 1.807) is 36.0 Å². The Hall–Kier alpha value is -2.27. The van der Waals surface area contributed by atoms with Crippen molar-refractivity contribution in [1.29, 1.82) is 0 Å². The number of benzene rings is 2. The van der Waals surface area contributed by atoms with Crippen molar-refractivity contribution in [2.24, 2.45) is 0 Å². The second-order valence-corrected chi connectivity index (χ2v) is 7.77. The predicted octanol–water partition coefficient (Wildman–Crippen LogP) is 4.56. The van der Waals surface area contributed by atoms with Gasteiger partial charge in [-0.15, -0.1) is 11.8 Å². The van der Waals surface area contributed by atoms with E-state index < -0.39 is 0 Å². The molecule has 4 nitrogen and oxygen atoms in total. The summed E-state index contributed by atoms with van der Waals surface area (Å²) in [6.45, 7) is 8.02. The molecule has 0 atom stereocenters. The Morgan fingerprint density at radius 3 is 2.31 bits per heavy atom. The highest BCUT2D eigenvalue weighted by Gasteiger charge is 2.08. The maximum atomic E-state index is 12.1. The van der Waals surface area contributed by atoms with Crippen molar-refractivity contribution in [3.63, 3.8) is 0 Å². The number of nitrogens with one attached hydrogen (secondary N) is 2. The van der Waals surface area contributed by atoms with Gasteiger partial charge in [-0.1, -0.05) is 6.07 Å². The zero-order chi connectivity index (χ0) is 19.1. The Kier molecular flexibility index (Phi) is 7.27. The number of hydrogen-bond acceptors (Lipinski definition) is 3. The number of anilines is 1. The van der Waals surface area contributed by atoms with Crippen LogP contribution in [0.3, 0.4) is 0 Å². The first kappa shape index (κ1) is 20.0. The van der Waals surface area contributed by atoms with Gasteiger partial charge in [-0.05, 0) is 75.2 Å². The van der Waals surface area contributed by atoms with Crippen molar-refractivity contribution in [1.82, 2.24) is 5.32 Å². The summed E-state index contributed by atoms with van der Waals surface area (Å²) in [6, 6.07) is 13.4. The van der Waals surface area contributed by atoms with Crippen LogP contribution in [0.15, 0.2) is 47.4 Å². The summed E-state index contributed by atoms with van der Waals surface area (Å²) >= 11 is 1.68. The first-order valence-corrected chi connectivity index (χ1v) is 9.74. The average Bonchev–Trinajstić information content (AvgIpc) is 2.58. The van der Waals surface area contributed by atoms with Crippen LogP contribution >= 0.6 is 11.8 Å². The van der Waals surface area contributed by atoms with Crippen molar-refractivity contribution in [2.75, 3.05) is 11.1 Å². The number of carbonyl (C=O) groups excluding carboxylic acids is 2. The third-order valence-corrected chi connectivity index (χ3v) is 4.92. The van der Waals surface area contributed by atoms with Crippen LogP contribution in [0.25, 0.3) is 0 Å². The number of carbonyl (C=O) groups is 2. The van der Waals surface area contributed by atoms with E-state index in [-0.39, 0.29) is 17.9 Å². The lowest BCUT2D eigenvalue weighted by Gasteiger charge is -2.09. The van der Waals surface area contributed by atoms with Gasteiger partial charge in [-0.2, -0.15) is 0 Å². The zero-order valence-electron chi connectivity index (χ0n) is 15.8. The second-order valence-electron chi connectivity index (χ2n) is 6.60. The molecule has 26 heavy (non-hydrogen) atoms. The van der Waals surface area contributed by atoms with Crippen molar-refractivity contribution in [3.05, 3.63) is 59.2 Å². The lowest BCUT2D eigenvalue weighted by atomic mass is 10.1. The molecule has 2 rings (SSSR count). The fourth-order valence-corrected chi connectivity index (χ4v) is 3.29. The highest BCUT2D eigenvalue weighted by Crippen LogP contribution is 2.22. The normalized spacial score (nSPS) is 10.7. The highest BCUT2D eigenvalue weighted by atomic mass is 32.2. The van der Waals surface area contributed by atoms with Gasteiger partial charge in [0.2, 0.25) is 5.91 Å². The van der Waals surface area contributed by atoms with Crippen LogP contribution < -0.4 is 10.6 Å².